The number of nitrogens with zero attached hydrogens (tertiary/aromatic N) is 2. The summed E-state index contributed by atoms with van der Waals surface area (Å²) in [4.78, 5) is 57.2. The van der Waals surface area contributed by atoms with Crippen LogP contribution in [0.5, 0.6) is 23.0 Å². The van der Waals surface area contributed by atoms with Crippen LogP contribution in [-0.4, -0.2) is 100 Å². The van der Waals surface area contributed by atoms with Crippen LogP contribution in [0.3, 0.4) is 0 Å². The maximum atomic E-state index is 13.6. The first kappa shape index (κ1) is 57.7. The average molecular weight is 1200 g/mol. The van der Waals surface area contributed by atoms with Gasteiger partial charge in [0.15, 0.2) is 0 Å². The van der Waals surface area contributed by atoms with Crippen LogP contribution in [0.2, 0.25) is 0 Å². The fourth-order valence-electron chi connectivity index (χ4n) is 10.7. The Balaban J connectivity index is 0.997. The van der Waals surface area contributed by atoms with Crippen molar-refractivity contribution in [2.45, 2.75) is 74.8 Å². The SMILES string of the molecule is COc1ccc(C(OC[C@H]2O[C@@H](n3cc(C)c(=O)[nH]c3=O)C[C@@H]2O[P+](=[Se])OC[C@H]2O[C@@H](n3cc(C)c(=O)[nH]c3=O)C[C@@H]2OC(c2ccccc2)(c2ccc(OC)cc2)c2ccc(OC)cc2)(c2ccccc2)c2ccc(OC)cc2)cc1. The third-order valence-corrected chi connectivity index (χ3v) is 17.0. The molecule has 0 radical (unpaired) electrons. The molecule has 8 aromatic rings. The molecule has 7 atom stereocenters. The molecular weight excluding hydrogens is 1130 g/mol. The summed E-state index contributed by atoms with van der Waals surface area (Å²) in [5.74, 6) is 2.61. The molecule has 2 N–H and O–H groups in total. The van der Waals surface area contributed by atoms with Gasteiger partial charge in [-0.2, -0.15) is 0 Å². The van der Waals surface area contributed by atoms with Gasteiger partial charge < -0.3 is 0 Å². The molecular formula is C62H62N4O14PSe+. The number of hydrogen-bond acceptors (Lipinski definition) is 14. The zero-order valence-corrected chi connectivity index (χ0v) is 48.5. The second-order valence-electron chi connectivity index (χ2n) is 19.8. The van der Waals surface area contributed by atoms with Crippen molar-refractivity contribution in [1.29, 1.82) is 0 Å². The summed E-state index contributed by atoms with van der Waals surface area (Å²) in [7, 11) is 6.43. The van der Waals surface area contributed by atoms with Gasteiger partial charge in [0.05, 0.1) is 28.4 Å². The predicted molar refractivity (Wildman–Crippen MR) is 308 cm³/mol. The number of aromatic nitrogens is 4. The second kappa shape index (κ2) is 25.3. The number of H-pyrrole nitrogens is 2. The zero-order valence-electron chi connectivity index (χ0n) is 45.9. The molecule has 4 heterocycles. The summed E-state index contributed by atoms with van der Waals surface area (Å²) in [6.07, 6.45) is -1.75. The molecule has 10 rings (SSSR count). The maximum absolute atomic E-state index is 13.6. The molecule has 424 valence electrons. The van der Waals surface area contributed by atoms with Gasteiger partial charge in [-0.25, -0.2) is 0 Å². The summed E-state index contributed by atoms with van der Waals surface area (Å²) in [5, 5.41) is 0. The predicted octanol–water partition coefficient (Wildman–Crippen LogP) is 8.50. The van der Waals surface area contributed by atoms with E-state index >= 15 is 0 Å². The monoisotopic (exact) mass is 1200 g/mol. The normalized spacial score (nSPS) is 19.2. The molecule has 0 saturated carbocycles. The molecule has 0 bridgehead atoms. The fraction of sp³-hybridized carbons (Fsp3) is 0.290. The Morgan fingerprint density at radius 3 is 1.26 bits per heavy atom. The minimum atomic E-state index is -1.92. The van der Waals surface area contributed by atoms with Crippen LogP contribution in [0.4, 0.5) is 0 Å². The van der Waals surface area contributed by atoms with Gasteiger partial charge in [-0.05, 0) is 0 Å². The van der Waals surface area contributed by atoms with E-state index in [1.165, 1.54) is 21.5 Å². The molecule has 2 fully saturated rings. The molecule has 0 aliphatic carbocycles. The van der Waals surface area contributed by atoms with Gasteiger partial charge in [-0.15, -0.1) is 0 Å². The van der Waals surface area contributed by atoms with Gasteiger partial charge in [-0.1, -0.05) is 0 Å². The second-order valence-corrected chi connectivity index (χ2v) is 22.6. The molecule has 6 aromatic carbocycles. The van der Waals surface area contributed by atoms with E-state index in [1.807, 2.05) is 158 Å². The van der Waals surface area contributed by atoms with Crippen molar-refractivity contribution in [3.63, 3.8) is 0 Å². The number of benzene rings is 6. The van der Waals surface area contributed by atoms with E-state index in [9.17, 15) is 19.2 Å². The van der Waals surface area contributed by atoms with Crippen LogP contribution in [0.25, 0.3) is 0 Å². The van der Waals surface area contributed by atoms with Crippen LogP contribution in [0, 0.1) is 13.8 Å². The van der Waals surface area contributed by atoms with E-state index in [0.717, 1.165) is 33.4 Å². The van der Waals surface area contributed by atoms with Crippen LogP contribution in [-0.2, 0) is 39.2 Å². The van der Waals surface area contributed by atoms with Gasteiger partial charge in [0, 0.05) is 0 Å². The summed E-state index contributed by atoms with van der Waals surface area (Å²) < 4.78 is 67.2. The van der Waals surface area contributed by atoms with Gasteiger partial charge >= 0.3 is 455 Å². The quantitative estimate of drug-likeness (QED) is 0.0372. The molecule has 1 unspecified atom stereocenters. The van der Waals surface area contributed by atoms with Crippen molar-refractivity contribution in [1.82, 2.24) is 19.1 Å². The van der Waals surface area contributed by atoms with E-state index < -0.39 is 77.2 Å². The summed E-state index contributed by atoms with van der Waals surface area (Å²) in [6.45, 7) is 1.15. The van der Waals surface area contributed by atoms with Crippen LogP contribution in [0.15, 0.2) is 189 Å². The molecule has 82 heavy (non-hydrogen) atoms. The van der Waals surface area contributed by atoms with Crippen molar-refractivity contribution in [2.24, 2.45) is 0 Å². The Bertz CT molecular complexity index is 3630. The van der Waals surface area contributed by atoms with Crippen LogP contribution < -0.4 is 41.4 Å². The number of hydrogen-bond donors (Lipinski definition) is 2. The number of ether oxygens (including phenoxy) is 8. The van der Waals surface area contributed by atoms with Gasteiger partial charge in [0.25, 0.3) is 0 Å². The molecule has 0 spiro atoms. The number of methoxy groups -OCH3 is 4. The van der Waals surface area contributed by atoms with E-state index in [4.69, 9.17) is 46.9 Å². The van der Waals surface area contributed by atoms with Crippen LogP contribution >= 0.6 is 6.62 Å². The molecule has 2 saturated heterocycles. The first-order valence-electron chi connectivity index (χ1n) is 26.5. The number of aromatic amines is 2. The van der Waals surface area contributed by atoms with Crippen molar-refractivity contribution < 1.29 is 46.9 Å². The Hall–Kier alpha value is -7.54. The molecule has 18 nitrogen and oxygen atoms in total. The third kappa shape index (κ3) is 11.9. The third-order valence-electron chi connectivity index (χ3n) is 15.0. The Labute approximate surface area is 481 Å². The standard InChI is InChI=1S/C62H61N4O14PSe/c1-39-35-65(59(69)63-57(39)67)55-33-51(79-62(42-15-11-8-12-16-42,45-21-29-49(73-5)30-22-45)46-23-31-50(74-6)32-24-46)54(78-55)38-76-81(82)80-52-34-56(66-36-40(2)58(68)64-60(66)70)77-53(52)37-75-61(41-13-9-7-10-14-41,43-17-25-47(71-3)26-18-43)44-19-27-48(72-4)28-20-44/h7-32,35-36,51-56H,33-34,37-38H2,1-6H3,(H-,63,64,67,68,69,70)/p+1/t51-,52-,53+,54+,55+,56+/m0/s1. The summed E-state index contributed by atoms with van der Waals surface area (Å²) in [5.41, 5.74) is 0.552. The van der Waals surface area contributed by atoms with Crippen molar-refractivity contribution in [3.8, 4) is 23.0 Å². The van der Waals surface area contributed by atoms with E-state index in [-0.39, 0.29) is 26.1 Å². The zero-order chi connectivity index (χ0) is 57.5. The number of nitrogens with one attached hydrogen (secondary N) is 2. The first-order chi connectivity index (χ1) is 39.8. The molecule has 0 amide bonds. The number of aryl methyl sites for hydroxylation is 2. The Morgan fingerprint density at radius 2 is 0.854 bits per heavy atom. The summed E-state index contributed by atoms with van der Waals surface area (Å²) >= 11 is 3.10. The summed E-state index contributed by atoms with van der Waals surface area (Å²) in [6, 6.07) is 50.3. The van der Waals surface area contributed by atoms with Crippen molar-refractivity contribution in [2.75, 3.05) is 41.7 Å². The van der Waals surface area contributed by atoms with E-state index in [2.05, 4.69) is 25.1 Å². The Kier molecular flexibility index (Phi) is 17.8. The Morgan fingerprint density at radius 1 is 0.500 bits per heavy atom. The molecule has 20 heteroatoms. The topological polar surface area (TPSA) is 202 Å². The average Bonchev–Trinajstić information content (AvgIpc) is 4.18. The van der Waals surface area contributed by atoms with Crippen molar-refractivity contribution >= 4 is 21.7 Å². The van der Waals surface area contributed by atoms with E-state index in [0.29, 0.717) is 34.1 Å². The van der Waals surface area contributed by atoms with Gasteiger partial charge in [0.1, 0.15) is 0 Å². The van der Waals surface area contributed by atoms with Crippen molar-refractivity contribution in [3.05, 3.63) is 256 Å². The molecule has 2 aliphatic rings. The van der Waals surface area contributed by atoms with Gasteiger partial charge in [0.2, 0.25) is 0 Å². The molecule has 2 aromatic heterocycles. The fourth-order valence-corrected chi connectivity index (χ4v) is 12.5. The first-order valence-corrected chi connectivity index (χ1v) is 29.9. The minimum absolute atomic E-state index is 0.0661. The number of rotatable bonds is 22. The molecule has 2 aliphatic heterocycles. The van der Waals surface area contributed by atoms with Crippen LogP contribution in [0.1, 0.15) is 69.8 Å². The van der Waals surface area contributed by atoms with E-state index in [1.54, 1.807) is 42.3 Å². The van der Waals surface area contributed by atoms with Gasteiger partial charge in [-0.3, -0.25) is 0 Å².